The summed E-state index contributed by atoms with van der Waals surface area (Å²) in [6.45, 7) is 1.57. The van der Waals surface area contributed by atoms with Gasteiger partial charge in [-0.3, -0.25) is 9.59 Å². The highest BCUT2D eigenvalue weighted by Crippen LogP contribution is 2.36. The van der Waals surface area contributed by atoms with Crippen molar-refractivity contribution in [2.45, 2.75) is 12.5 Å². The van der Waals surface area contributed by atoms with Crippen molar-refractivity contribution in [3.8, 4) is 34.2 Å². The van der Waals surface area contributed by atoms with Gasteiger partial charge in [-0.15, -0.1) is 0 Å². The van der Waals surface area contributed by atoms with E-state index in [1.165, 1.54) is 12.1 Å². The third-order valence-electron chi connectivity index (χ3n) is 6.46. The number of phenols is 1. The van der Waals surface area contributed by atoms with E-state index in [9.17, 15) is 20.0 Å². The minimum Gasteiger partial charge on any atom is -0.507 e. The number of hydrogen-bond donors (Lipinski definition) is 4. The highest BCUT2D eigenvalue weighted by atomic mass is 35.5. The lowest BCUT2D eigenvalue weighted by atomic mass is 9.96. The maximum absolute atomic E-state index is 13.1. The minimum atomic E-state index is -0.500. The molecule has 1 saturated heterocycles. The van der Waals surface area contributed by atoms with E-state index in [4.69, 9.17) is 11.6 Å². The monoisotopic (exact) mass is 537 g/mol. The molecule has 9 heteroatoms. The first-order valence-corrected chi connectivity index (χ1v) is 12.7. The van der Waals surface area contributed by atoms with E-state index in [1.807, 2.05) is 0 Å². The number of aromatic nitrogens is 1. The summed E-state index contributed by atoms with van der Waals surface area (Å²) < 4.78 is 0. The molecule has 5 rings (SSSR count). The second-order valence-corrected chi connectivity index (χ2v) is 9.55. The van der Waals surface area contributed by atoms with Gasteiger partial charge in [0.25, 0.3) is 11.8 Å². The molecule has 4 aromatic rings. The normalized spacial score (nSPS) is 14.4. The van der Waals surface area contributed by atoms with Crippen molar-refractivity contribution in [3.05, 3.63) is 101 Å². The summed E-state index contributed by atoms with van der Waals surface area (Å²) in [7, 11) is 0. The van der Waals surface area contributed by atoms with Crippen LogP contribution in [-0.4, -0.2) is 41.0 Å². The predicted octanol–water partition coefficient (Wildman–Crippen LogP) is 4.99. The number of para-hydroxylation sites is 1. The molecule has 8 nitrogen and oxygen atoms in total. The molecule has 1 aliphatic rings. The molecule has 1 atom stereocenters. The van der Waals surface area contributed by atoms with Crippen molar-refractivity contribution < 1.29 is 14.7 Å². The molecule has 39 heavy (non-hydrogen) atoms. The number of hydrogen-bond acceptors (Lipinski definition) is 6. The van der Waals surface area contributed by atoms with Crippen molar-refractivity contribution in [1.29, 1.82) is 5.26 Å². The Labute approximate surface area is 230 Å². The van der Waals surface area contributed by atoms with Crippen LogP contribution in [0.15, 0.2) is 78.9 Å². The first-order valence-electron chi connectivity index (χ1n) is 12.4. The molecule has 2 heterocycles. The zero-order chi connectivity index (χ0) is 27.4. The van der Waals surface area contributed by atoms with E-state index in [2.05, 4.69) is 27.0 Å². The van der Waals surface area contributed by atoms with Crippen LogP contribution in [0.3, 0.4) is 0 Å². The summed E-state index contributed by atoms with van der Waals surface area (Å²) in [5, 5.41) is 30.1. The summed E-state index contributed by atoms with van der Waals surface area (Å²) in [6.07, 6.45) is 0.855. The van der Waals surface area contributed by atoms with Crippen LogP contribution in [0.5, 0.6) is 5.75 Å². The van der Waals surface area contributed by atoms with Crippen LogP contribution in [0.25, 0.3) is 22.4 Å². The van der Waals surface area contributed by atoms with Crippen molar-refractivity contribution in [3.63, 3.8) is 0 Å². The number of benzene rings is 3. The number of amides is 2. The molecule has 1 aliphatic heterocycles. The molecule has 1 aromatic heterocycles. The van der Waals surface area contributed by atoms with Crippen LogP contribution in [0, 0.1) is 11.3 Å². The number of carbonyl (C=O) groups is 2. The first kappa shape index (κ1) is 25.9. The van der Waals surface area contributed by atoms with Crippen molar-refractivity contribution in [1.82, 2.24) is 15.6 Å². The Bertz CT molecular complexity index is 1610. The quantitative estimate of drug-likeness (QED) is 0.274. The fourth-order valence-electron chi connectivity index (χ4n) is 4.49. The van der Waals surface area contributed by atoms with Crippen LogP contribution in [0.4, 0.5) is 5.82 Å². The second kappa shape index (κ2) is 11.4. The van der Waals surface area contributed by atoms with Crippen molar-refractivity contribution in [2.24, 2.45) is 0 Å². The standard InChI is InChI=1S/C30H24ClN5O3/c31-21-8-4-7-20(14-21)30(39)36-28-25(16-32)24(15-26(35-28)23-9-1-2-10-27(23)37)18-5-3-6-19(13-18)29(38)34-22-11-12-33-17-22/h1-10,13-15,22,33,37H,11-12,17H2,(H,34,38)(H,35,36,39). The average molecular weight is 538 g/mol. The number of rotatable bonds is 6. The summed E-state index contributed by atoms with van der Waals surface area (Å²) >= 11 is 6.06. The van der Waals surface area contributed by atoms with E-state index in [0.29, 0.717) is 45.1 Å². The van der Waals surface area contributed by atoms with Crippen molar-refractivity contribution in [2.75, 3.05) is 18.4 Å². The van der Waals surface area contributed by atoms with Gasteiger partial charge in [0.2, 0.25) is 0 Å². The van der Waals surface area contributed by atoms with E-state index < -0.39 is 5.91 Å². The third-order valence-corrected chi connectivity index (χ3v) is 6.70. The molecule has 0 radical (unpaired) electrons. The molecule has 0 bridgehead atoms. The molecular weight excluding hydrogens is 514 g/mol. The largest absolute Gasteiger partial charge is 0.507 e. The zero-order valence-corrected chi connectivity index (χ0v) is 21.5. The SMILES string of the molecule is N#Cc1c(-c2cccc(C(=O)NC3CCNC3)c2)cc(-c2ccccc2O)nc1NC(=O)c1cccc(Cl)c1. The van der Waals surface area contributed by atoms with Gasteiger partial charge >= 0.3 is 0 Å². The predicted molar refractivity (Wildman–Crippen MR) is 150 cm³/mol. The summed E-state index contributed by atoms with van der Waals surface area (Å²) in [5.74, 6) is -0.704. The molecule has 4 N–H and O–H groups in total. The molecule has 1 fully saturated rings. The van der Waals surface area contributed by atoms with Gasteiger partial charge in [-0.2, -0.15) is 5.26 Å². The molecule has 194 valence electrons. The number of carbonyl (C=O) groups excluding carboxylic acids is 2. The maximum atomic E-state index is 13.1. The van der Waals surface area contributed by atoms with Crippen LogP contribution in [-0.2, 0) is 0 Å². The minimum absolute atomic E-state index is 0.00826. The molecule has 2 amide bonds. The summed E-state index contributed by atoms with van der Waals surface area (Å²) in [5.41, 5.74) is 2.64. The van der Waals surface area contributed by atoms with Gasteiger partial charge in [0.05, 0.1) is 5.69 Å². The molecule has 3 aromatic carbocycles. The fraction of sp³-hybridized carbons (Fsp3) is 0.133. The second-order valence-electron chi connectivity index (χ2n) is 9.12. The number of pyridine rings is 1. The number of nitriles is 1. The van der Waals surface area contributed by atoms with Gasteiger partial charge in [-0.1, -0.05) is 41.9 Å². The Morgan fingerprint density at radius 1 is 0.974 bits per heavy atom. The molecule has 0 aliphatic carbocycles. The lowest BCUT2D eigenvalue weighted by Gasteiger charge is -2.15. The number of nitrogens with zero attached hydrogens (tertiary/aromatic N) is 2. The smallest absolute Gasteiger partial charge is 0.256 e. The van der Waals surface area contributed by atoms with Gasteiger partial charge in [0, 0.05) is 39.9 Å². The lowest BCUT2D eigenvalue weighted by molar-refractivity contribution is 0.0939. The molecular formula is C30H24ClN5O3. The number of anilines is 1. The highest BCUT2D eigenvalue weighted by molar-refractivity contribution is 6.31. The number of aromatic hydroxyl groups is 1. The van der Waals surface area contributed by atoms with Crippen LogP contribution < -0.4 is 16.0 Å². The Kier molecular flexibility index (Phi) is 7.55. The molecule has 0 spiro atoms. The Hall–Kier alpha value is -4.71. The van der Waals surface area contributed by atoms with Gasteiger partial charge in [0.1, 0.15) is 17.4 Å². The van der Waals surface area contributed by atoms with E-state index >= 15 is 0 Å². The van der Waals surface area contributed by atoms with Gasteiger partial charge in [0.15, 0.2) is 5.82 Å². The highest BCUT2D eigenvalue weighted by Gasteiger charge is 2.21. The van der Waals surface area contributed by atoms with Crippen LogP contribution in [0.1, 0.15) is 32.7 Å². The number of halogens is 1. The fourth-order valence-corrected chi connectivity index (χ4v) is 4.68. The van der Waals surface area contributed by atoms with E-state index in [1.54, 1.807) is 66.7 Å². The molecule has 0 saturated carbocycles. The zero-order valence-electron chi connectivity index (χ0n) is 20.7. The van der Waals surface area contributed by atoms with Gasteiger partial charge in [-0.05, 0) is 67.1 Å². The van der Waals surface area contributed by atoms with E-state index in [-0.39, 0.29) is 29.1 Å². The Morgan fingerprint density at radius 3 is 2.46 bits per heavy atom. The van der Waals surface area contributed by atoms with E-state index in [0.717, 1.165) is 13.0 Å². The third kappa shape index (κ3) is 5.75. The van der Waals surface area contributed by atoms with Crippen LogP contribution >= 0.6 is 11.6 Å². The van der Waals surface area contributed by atoms with Gasteiger partial charge in [-0.25, -0.2) is 4.98 Å². The number of nitrogens with one attached hydrogen (secondary N) is 3. The van der Waals surface area contributed by atoms with Crippen molar-refractivity contribution >= 4 is 29.2 Å². The maximum Gasteiger partial charge on any atom is 0.256 e. The van der Waals surface area contributed by atoms with Crippen LogP contribution in [0.2, 0.25) is 5.02 Å². The summed E-state index contributed by atoms with van der Waals surface area (Å²) in [4.78, 5) is 30.6. The molecule has 1 unspecified atom stereocenters. The topological polar surface area (TPSA) is 127 Å². The Balaban J connectivity index is 1.60. The summed E-state index contributed by atoms with van der Waals surface area (Å²) in [6, 6.07) is 23.9. The first-order chi connectivity index (χ1) is 18.9. The number of phenolic OH excluding ortho intramolecular Hbond substituents is 1. The lowest BCUT2D eigenvalue weighted by Crippen LogP contribution is -2.36. The van der Waals surface area contributed by atoms with Gasteiger partial charge < -0.3 is 21.1 Å². The average Bonchev–Trinajstić information content (AvgIpc) is 3.46. The Morgan fingerprint density at radius 2 is 1.74 bits per heavy atom.